The maximum absolute atomic E-state index is 14.7. The molecule has 1 saturated heterocycles. The third-order valence-corrected chi connectivity index (χ3v) is 4.54. The van der Waals surface area contributed by atoms with E-state index in [1.165, 1.54) is 12.1 Å². The van der Waals surface area contributed by atoms with Crippen molar-refractivity contribution in [1.82, 2.24) is 10.3 Å². The molecule has 24 heavy (non-hydrogen) atoms. The second-order valence-corrected chi connectivity index (χ2v) is 6.51. The minimum atomic E-state index is -4.50. The van der Waals surface area contributed by atoms with E-state index < -0.39 is 17.5 Å². The first-order valence-corrected chi connectivity index (χ1v) is 8.03. The fourth-order valence-corrected chi connectivity index (χ4v) is 2.81. The van der Waals surface area contributed by atoms with E-state index in [9.17, 15) is 22.4 Å². The summed E-state index contributed by atoms with van der Waals surface area (Å²) in [5.74, 6) is 0.130. The number of amides is 1. The number of halogens is 4. The van der Waals surface area contributed by atoms with Crippen LogP contribution < -0.4 is 10.2 Å². The maximum atomic E-state index is 14.7. The Labute approximate surface area is 137 Å². The van der Waals surface area contributed by atoms with Crippen molar-refractivity contribution in [2.75, 3.05) is 24.5 Å². The molecule has 1 aliphatic heterocycles. The summed E-state index contributed by atoms with van der Waals surface area (Å²) in [7, 11) is 0. The van der Waals surface area contributed by atoms with Gasteiger partial charge in [0, 0.05) is 31.8 Å². The zero-order chi connectivity index (χ0) is 17.4. The Hall–Kier alpha value is -1.86. The molecule has 4 nitrogen and oxygen atoms in total. The van der Waals surface area contributed by atoms with E-state index in [1.54, 1.807) is 4.90 Å². The molecular weight excluding hydrogens is 326 g/mol. The molecule has 0 spiro atoms. The van der Waals surface area contributed by atoms with E-state index in [1.807, 2.05) is 0 Å². The molecule has 3 rings (SSSR count). The molecule has 1 aliphatic carbocycles. The highest BCUT2D eigenvalue weighted by molar-refractivity contribution is 5.80. The van der Waals surface area contributed by atoms with Gasteiger partial charge in [-0.1, -0.05) is 6.07 Å². The molecule has 0 radical (unpaired) electrons. The number of carbonyl (C=O) groups excluding carboxylic acids is 1. The van der Waals surface area contributed by atoms with E-state index in [4.69, 9.17) is 0 Å². The van der Waals surface area contributed by atoms with Crippen LogP contribution in [0.15, 0.2) is 18.2 Å². The van der Waals surface area contributed by atoms with Crippen LogP contribution in [0.4, 0.5) is 23.4 Å². The fourth-order valence-electron chi connectivity index (χ4n) is 2.81. The average molecular weight is 345 g/mol. The Morgan fingerprint density at radius 3 is 2.54 bits per heavy atom. The van der Waals surface area contributed by atoms with Gasteiger partial charge in [-0.25, -0.2) is 9.37 Å². The van der Waals surface area contributed by atoms with Gasteiger partial charge in [0.05, 0.1) is 6.54 Å². The van der Waals surface area contributed by atoms with Crippen LogP contribution in [-0.2, 0) is 11.0 Å². The number of alkyl halides is 4. The lowest BCUT2D eigenvalue weighted by atomic mass is 9.93. The third kappa shape index (κ3) is 3.96. The van der Waals surface area contributed by atoms with Gasteiger partial charge in [-0.3, -0.25) is 4.79 Å². The Morgan fingerprint density at radius 1 is 1.29 bits per heavy atom. The average Bonchev–Trinajstić information content (AvgIpc) is 3.38. The largest absolute Gasteiger partial charge is 0.433 e. The lowest BCUT2D eigenvalue weighted by Crippen LogP contribution is -2.48. The molecule has 8 heteroatoms. The zero-order valence-corrected chi connectivity index (χ0v) is 13.1. The van der Waals surface area contributed by atoms with Crippen LogP contribution >= 0.6 is 0 Å². The van der Waals surface area contributed by atoms with Gasteiger partial charge < -0.3 is 10.2 Å². The number of nitrogens with one attached hydrogen (secondary N) is 1. The molecule has 2 fully saturated rings. The van der Waals surface area contributed by atoms with E-state index in [-0.39, 0.29) is 50.1 Å². The van der Waals surface area contributed by atoms with Gasteiger partial charge in [-0.2, -0.15) is 13.2 Å². The van der Waals surface area contributed by atoms with Gasteiger partial charge in [-0.05, 0) is 25.0 Å². The van der Waals surface area contributed by atoms with Crippen LogP contribution in [0.25, 0.3) is 0 Å². The smallest absolute Gasteiger partial charge is 0.356 e. The van der Waals surface area contributed by atoms with Crippen molar-refractivity contribution in [3.63, 3.8) is 0 Å². The van der Waals surface area contributed by atoms with E-state index >= 15 is 0 Å². The highest BCUT2D eigenvalue weighted by Crippen LogP contribution is 2.32. The Kier molecular flexibility index (Phi) is 4.40. The molecule has 1 aromatic heterocycles. The van der Waals surface area contributed by atoms with Crippen molar-refractivity contribution in [2.45, 2.75) is 37.5 Å². The van der Waals surface area contributed by atoms with E-state index in [0.29, 0.717) is 0 Å². The number of anilines is 1. The summed E-state index contributed by atoms with van der Waals surface area (Å²) in [5.41, 5.74) is -2.46. The summed E-state index contributed by atoms with van der Waals surface area (Å²) in [6.07, 6.45) is -2.48. The summed E-state index contributed by atoms with van der Waals surface area (Å²) in [6.45, 7) is 0.500. The summed E-state index contributed by atoms with van der Waals surface area (Å²) in [6, 6.07) is 3.72. The van der Waals surface area contributed by atoms with Crippen molar-refractivity contribution < 1.29 is 22.4 Å². The lowest BCUT2D eigenvalue weighted by molar-refractivity contribution is -0.141. The van der Waals surface area contributed by atoms with Gasteiger partial charge in [0.1, 0.15) is 17.2 Å². The fraction of sp³-hybridized carbons (Fsp3) is 0.625. The third-order valence-electron chi connectivity index (χ3n) is 4.54. The van der Waals surface area contributed by atoms with Crippen LogP contribution in [0.5, 0.6) is 0 Å². The highest BCUT2D eigenvalue weighted by atomic mass is 19.4. The molecule has 0 bridgehead atoms. The first-order chi connectivity index (χ1) is 11.3. The summed E-state index contributed by atoms with van der Waals surface area (Å²) >= 11 is 0. The quantitative estimate of drug-likeness (QED) is 0.854. The van der Waals surface area contributed by atoms with Crippen molar-refractivity contribution in [1.29, 1.82) is 0 Å². The predicted molar refractivity (Wildman–Crippen MR) is 80.3 cm³/mol. The molecule has 2 heterocycles. The Bertz CT molecular complexity index is 608. The number of hydrogen-bond acceptors (Lipinski definition) is 3. The number of pyridine rings is 1. The van der Waals surface area contributed by atoms with Gasteiger partial charge in [0.25, 0.3) is 0 Å². The van der Waals surface area contributed by atoms with Crippen molar-refractivity contribution in [2.24, 2.45) is 5.92 Å². The molecular formula is C16H19F4N3O. The topological polar surface area (TPSA) is 45.2 Å². The van der Waals surface area contributed by atoms with E-state index in [2.05, 4.69) is 10.3 Å². The minimum absolute atomic E-state index is 0.0306. The van der Waals surface area contributed by atoms with Gasteiger partial charge in [-0.15, -0.1) is 0 Å². The summed E-state index contributed by atoms with van der Waals surface area (Å²) in [4.78, 5) is 16.9. The van der Waals surface area contributed by atoms with Crippen LogP contribution in [0.2, 0.25) is 0 Å². The number of nitrogens with zero attached hydrogens (tertiary/aromatic N) is 2. The molecule has 0 aromatic carbocycles. The van der Waals surface area contributed by atoms with E-state index in [0.717, 1.165) is 18.9 Å². The van der Waals surface area contributed by atoms with Crippen molar-refractivity contribution in [3.05, 3.63) is 23.9 Å². The molecule has 2 aliphatic rings. The SMILES string of the molecule is O=C(NCC1(F)CCN(c2cccc(C(F)(F)F)n2)CC1)C1CC1. The lowest BCUT2D eigenvalue weighted by Gasteiger charge is -2.37. The predicted octanol–water partition coefficient (Wildman–Crippen LogP) is 2.94. The van der Waals surface area contributed by atoms with Crippen LogP contribution in [-0.4, -0.2) is 36.2 Å². The number of rotatable bonds is 4. The molecule has 0 atom stereocenters. The van der Waals surface area contributed by atoms with Crippen molar-refractivity contribution in [3.8, 4) is 0 Å². The normalized spacial score (nSPS) is 20.8. The standard InChI is InChI=1S/C16H19F4N3O/c17-15(10-21-14(24)11-4-5-11)6-8-23(9-7-15)13-3-1-2-12(22-13)16(18,19)20/h1-3,11H,4-10H2,(H,21,24). The first kappa shape index (κ1) is 17.0. The minimum Gasteiger partial charge on any atom is -0.356 e. The number of hydrogen-bond donors (Lipinski definition) is 1. The molecule has 0 unspecified atom stereocenters. The Balaban J connectivity index is 1.57. The van der Waals surface area contributed by atoms with Crippen LogP contribution in [0, 0.1) is 5.92 Å². The van der Waals surface area contributed by atoms with Crippen LogP contribution in [0.3, 0.4) is 0 Å². The zero-order valence-electron chi connectivity index (χ0n) is 13.1. The summed E-state index contributed by atoms with van der Waals surface area (Å²) in [5, 5.41) is 2.64. The van der Waals surface area contributed by atoms with Gasteiger partial charge >= 0.3 is 6.18 Å². The Morgan fingerprint density at radius 2 is 1.96 bits per heavy atom. The molecule has 132 valence electrons. The summed E-state index contributed by atoms with van der Waals surface area (Å²) < 4.78 is 52.9. The number of piperidine rings is 1. The first-order valence-electron chi connectivity index (χ1n) is 8.03. The van der Waals surface area contributed by atoms with Crippen molar-refractivity contribution >= 4 is 11.7 Å². The molecule has 1 saturated carbocycles. The monoisotopic (exact) mass is 345 g/mol. The van der Waals surface area contributed by atoms with Gasteiger partial charge in [0.15, 0.2) is 0 Å². The second-order valence-electron chi connectivity index (χ2n) is 6.51. The van der Waals surface area contributed by atoms with Crippen LogP contribution in [0.1, 0.15) is 31.4 Å². The number of aromatic nitrogens is 1. The highest BCUT2D eigenvalue weighted by Gasteiger charge is 2.38. The number of carbonyl (C=O) groups is 1. The second kappa shape index (κ2) is 6.22. The molecule has 1 aromatic rings. The maximum Gasteiger partial charge on any atom is 0.433 e. The molecule has 1 N–H and O–H groups in total. The van der Waals surface area contributed by atoms with Gasteiger partial charge in [0.2, 0.25) is 5.91 Å². The molecule has 1 amide bonds.